The third-order valence-electron chi connectivity index (χ3n) is 4.96. The molecule has 1 aromatic rings. The molecule has 0 spiro atoms. The number of carbonyl (C=O) groups excluding carboxylic acids is 1. The van der Waals surface area contributed by atoms with E-state index in [2.05, 4.69) is 4.72 Å². The zero-order valence-electron chi connectivity index (χ0n) is 15.0. The Hall–Kier alpha value is -2.13. The molecule has 0 amide bonds. The van der Waals surface area contributed by atoms with E-state index in [1.807, 2.05) is 0 Å². The number of carboxylic acids is 1. The Labute approximate surface area is 157 Å². The number of nitrogens with one attached hydrogen (secondary N) is 1. The minimum Gasteiger partial charge on any atom is -0.481 e. The van der Waals surface area contributed by atoms with Crippen molar-refractivity contribution in [3.05, 3.63) is 23.8 Å². The third-order valence-corrected chi connectivity index (χ3v) is 6.48. The van der Waals surface area contributed by atoms with Crippen LogP contribution in [0.5, 0.6) is 5.75 Å². The Bertz CT molecular complexity index is 828. The molecule has 27 heavy (non-hydrogen) atoms. The lowest BCUT2D eigenvalue weighted by Crippen LogP contribution is -2.38. The summed E-state index contributed by atoms with van der Waals surface area (Å²) in [7, 11) is -3.74. The van der Waals surface area contributed by atoms with Crippen molar-refractivity contribution >= 4 is 22.0 Å². The molecule has 0 radical (unpaired) electrons. The first-order chi connectivity index (χ1) is 12.8. The van der Waals surface area contributed by atoms with E-state index in [0.717, 1.165) is 0 Å². The van der Waals surface area contributed by atoms with Crippen LogP contribution >= 0.6 is 0 Å². The van der Waals surface area contributed by atoms with Crippen LogP contribution < -0.4 is 9.46 Å². The molecule has 1 aliphatic heterocycles. The average molecular weight is 397 g/mol. The number of ether oxygens (including phenoxy) is 2. The number of aliphatic carboxylic acids is 1. The maximum absolute atomic E-state index is 12.7. The molecule has 1 atom stereocenters. The largest absolute Gasteiger partial charge is 0.481 e. The van der Waals surface area contributed by atoms with Crippen LogP contribution in [-0.4, -0.2) is 44.2 Å². The Morgan fingerprint density at radius 3 is 2.59 bits per heavy atom. The zero-order valence-corrected chi connectivity index (χ0v) is 15.8. The quantitative estimate of drug-likeness (QED) is 0.698. The molecule has 9 heteroatoms. The van der Waals surface area contributed by atoms with Gasteiger partial charge in [0.1, 0.15) is 5.75 Å². The summed E-state index contributed by atoms with van der Waals surface area (Å²) in [5, 5.41) is 9.04. The van der Waals surface area contributed by atoms with Crippen LogP contribution in [-0.2, 0) is 30.8 Å². The van der Waals surface area contributed by atoms with Gasteiger partial charge >= 0.3 is 11.9 Å². The van der Waals surface area contributed by atoms with Gasteiger partial charge in [-0.25, -0.2) is 17.9 Å². The van der Waals surface area contributed by atoms with Crippen molar-refractivity contribution in [2.45, 2.75) is 56.1 Å². The fraction of sp³-hybridized carbons (Fsp3) is 0.556. The number of benzene rings is 1. The lowest BCUT2D eigenvalue weighted by molar-refractivity contribution is -0.150. The molecule has 1 fully saturated rings. The summed E-state index contributed by atoms with van der Waals surface area (Å²) < 4.78 is 38.5. The van der Waals surface area contributed by atoms with E-state index in [4.69, 9.17) is 14.6 Å². The van der Waals surface area contributed by atoms with Gasteiger partial charge in [-0.1, -0.05) is 0 Å². The van der Waals surface area contributed by atoms with Crippen LogP contribution in [0, 0.1) is 5.92 Å². The van der Waals surface area contributed by atoms with Gasteiger partial charge in [0.05, 0.1) is 17.4 Å². The van der Waals surface area contributed by atoms with Gasteiger partial charge in [0.25, 0.3) is 0 Å². The van der Waals surface area contributed by atoms with Gasteiger partial charge in [-0.3, -0.25) is 4.79 Å². The number of fused-ring (bicyclic) bond motifs is 1. The van der Waals surface area contributed by atoms with Gasteiger partial charge < -0.3 is 14.6 Å². The van der Waals surface area contributed by atoms with Crippen molar-refractivity contribution in [3.8, 4) is 5.75 Å². The fourth-order valence-electron chi connectivity index (χ4n) is 3.50. The molecular weight excluding hydrogens is 374 g/mol. The Kier molecular flexibility index (Phi) is 5.71. The van der Waals surface area contributed by atoms with E-state index in [0.29, 0.717) is 37.0 Å². The van der Waals surface area contributed by atoms with E-state index in [-0.39, 0.29) is 24.0 Å². The van der Waals surface area contributed by atoms with E-state index in [1.165, 1.54) is 12.1 Å². The van der Waals surface area contributed by atoms with Crippen molar-refractivity contribution in [1.82, 2.24) is 4.72 Å². The zero-order chi connectivity index (χ0) is 19.6. The number of carboxylic acid groups (broad SMARTS) is 1. The van der Waals surface area contributed by atoms with Crippen molar-refractivity contribution < 1.29 is 32.6 Å². The number of carbonyl (C=O) groups is 2. The second-order valence-corrected chi connectivity index (χ2v) is 8.55. The van der Waals surface area contributed by atoms with Crippen LogP contribution in [0.25, 0.3) is 0 Å². The molecule has 148 valence electrons. The van der Waals surface area contributed by atoms with Crippen LogP contribution in [0.1, 0.15) is 38.2 Å². The van der Waals surface area contributed by atoms with Gasteiger partial charge in [0.15, 0.2) is 6.10 Å². The fourth-order valence-corrected chi connectivity index (χ4v) is 4.86. The van der Waals surface area contributed by atoms with E-state index < -0.39 is 34.0 Å². The van der Waals surface area contributed by atoms with Gasteiger partial charge in [-0.2, -0.15) is 0 Å². The molecular formula is C18H23NO7S. The summed E-state index contributed by atoms with van der Waals surface area (Å²) in [4.78, 5) is 22.9. The number of esters is 1. The first-order valence-electron chi connectivity index (χ1n) is 9.01. The molecule has 1 heterocycles. The first-order valence-corrected chi connectivity index (χ1v) is 10.5. The highest BCUT2D eigenvalue weighted by atomic mass is 32.2. The van der Waals surface area contributed by atoms with Crippen molar-refractivity contribution in [1.29, 1.82) is 0 Å². The molecule has 0 bridgehead atoms. The van der Waals surface area contributed by atoms with Crippen LogP contribution in [0.4, 0.5) is 0 Å². The summed E-state index contributed by atoms with van der Waals surface area (Å²) in [6.45, 7) is 1.96. The molecule has 1 unspecified atom stereocenters. The highest BCUT2D eigenvalue weighted by Gasteiger charge is 2.33. The highest BCUT2D eigenvalue weighted by Crippen LogP contribution is 2.32. The maximum atomic E-state index is 12.7. The predicted octanol–water partition coefficient (Wildman–Crippen LogP) is 1.47. The molecule has 2 N–H and O–H groups in total. The lowest BCUT2D eigenvalue weighted by atomic mass is 9.87. The Morgan fingerprint density at radius 1 is 1.26 bits per heavy atom. The molecule has 1 aliphatic carbocycles. The Balaban J connectivity index is 1.66. The smallest absolute Gasteiger partial charge is 0.347 e. The van der Waals surface area contributed by atoms with Crippen molar-refractivity contribution in [2.75, 3.05) is 6.61 Å². The summed E-state index contributed by atoms with van der Waals surface area (Å²) in [6, 6.07) is 4.23. The van der Waals surface area contributed by atoms with Gasteiger partial charge in [-0.15, -0.1) is 0 Å². The molecule has 0 aromatic heterocycles. The second-order valence-electron chi connectivity index (χ2n) is 6.84. The van der Waals surface area contributed by atoms with Crippen LogP contribution in [0.3, 0.4) is 0 Å². The topological polar surface area (TPSA) is 119 Å². The number of hydrogen-bond donors (Lipinski definition) is 2. The SMILES string of the molecule is CCOC(=O)C1Cc2cc(S(=O)(=O)NC3CCC(C(=O)O)CC3)ccc2O1. The number of rotatable bonds is 6. The number of hydrogen-bond acceptors (Lipinski definition) is 6. The van der Waals surface area contributed by atoms with Gasteiger partial charge in [0.2, 0.25) is 10.0 Å². The van der Waals surface area contributed by atoms with E-state index in [9.17, 15) is 18.0 Å². The molecule has 1 aromatic carbocycles. The van der Waals surface area contributed by atoms with Crippen LogP contribution in [0.2, 0.25) is 0 Å². The summed E-state index contributed by atoms with van der Waals surface area (Å²) in [5.41, 5.74) is 0.644. The standard InChI is InChI=1S/C18H23NO7S/c1-2-25-18(22)16-10-12-9-14(7-8-15(12)26-16)27(23,24)19-13-5-3-11(4-6-13)17(20)21/h7-9,11,13,16,19H,2-6,10H2,1H3,(H,20,21). The first kappa shape index (κ1) is 19.6. The van der Waals surface area contributed by atoms with Gasteiger partial charge in [-0.05, 0) is 56.4 Å². The molecule has 2 aliphatic rings. The second kappa shape index (κ2) is 7.85. The van der Waals surface area contributed by atoms with E-state index in [1.54, 1.807) is 13.0 Å². The maximum Gasteiger partial charge on any atom is 0.347 e. The van der Waals surface area contributed by atoms with Crippen molar-refractivity contribution in [3.63, 3.8) is 0 Å². The summed E-state index contributed by atoms with van der Waals surface area (Å²) in [6.07, 6.45) is 1.42. The average Bonchev–Trinajstić information content (AvgIpc) is 3.05. The van der Waals surface area contributed by atoms with Crippen molar-refractivity contribution in [2.24, 2.45) is 5.92 Å². The monoisotopic (exact) mass is 397 g/mol. The molecule has 8 nitrogen and oxygen atoms in total. The van der Waals surface area contributed by atoms with Crippen LogP contribution in [0.15, 0.2) is 23.1 Å². The summed E-state index contributed by atoms with van der Waals surface area (Å²) >= 11 is 0. The highest BCUT2D eigenvalue weighted by molar-refractivity contribution is 7.89. The summed E-state index contributed by atoms with van der Waals surface area (Å²) in [5.74, 6) is -1.21. The molecule has 3 rings (SSSR count). The minimum absolute atomic E-state index is 0.106. The third kappa shape index (κ3) is 4.41. The lowest BCUT2D eigenvalue weighted by Gasteiger charge is -2.26. The normalized spacial score (nSPS) is 24.7. The number of sulfonamides is 1. The Morgan fingerprint density at radius 2 is 1.96 bits per heavy atom. The van der Waals surface area contributed by atoms with E-state index >= 15 is 0 Å². The predicted molar refractivity (Wildman–Crippen MR) is 94.9 cm³/mol. The molecule has 1 saturated carbocycles. The minimum atomic E-state index is -3.74. The molecule has 0 saturated heterocycles. The van der Waals surface area contributed by atoms with Gasteiger partial charge in [0, 0.05) is 12.5 Å².